The van der Waals surface area contributed by atoms with Crippen molar-refractivity contribution in [3.05, 3.63) is 18.2 Å². The topological polar surface area (TPSA) is 75.5 Å². The fourth-order valence-electron chi connectivity index (χ4n) is 3.30. The molecule has 2 aliphatic rings. The zero-order valence-corrected chi connectivity index (χ0v) is 13.6. The number of carbonyl (C=O) groups excluding carboxylic acids is 1. The van der Waals surface area contributed by atoms with Crippen molar-refractivity contribution in [1.82, 2.24) is 18.8 Å². The Bertz CT molecular complexity index is 655. The Hall–Kier alpha value is -1.41. The summed E-state index contributed by atoms with van der Waals surface area (Å²) in [5, 5.41) is 0. The maximum Gasteiger partial charge on any atom is 0.237 e. The van der Waals surface area contributed by atoms with Crippen molar-refractivity contribution in [3.63, 3.8) is 0 Å². The molecule has 2 aliphatic heterocycles. The van der Waals surface area contributed by atoms with Gasteiger partial charge in [-0.3, -0.25) is 4.79 Å². The van der Waals surface area contributed by atoms with Gasteiger partial charge >= 0.3 is 0 Å². The van der Waals surface area contributed by atoms with Crippen LogP contribution < -0.4 is 0 Å². The van der Waals surface area contributed by atoms with Crippen molar-refractivity contribution >= 4 is 15.9 Å². The molecule has 2 fully saturated rings. The molecule has 1 atom stereocenters. The number of rotatable bonds is 3. The van der Waals surface area contributed by atoms with Crippen LogP contribution in [0.4, 0.5) is 0 Å². The molecule has 3 rings (SSSR count). The van der Waals surface area contributed by atoms with Crippen LogP contribution in [0.25, 0.3) is 0 Å². The van der Waals surface area contributed by atoms with E-state index in [0.29, 0.717) is 26.1 Å². The molecule has 0 radical (unpaired) electrons. The number of hydrogen-bond donors (Lipinski definition) is 0. The molecule has 2 saturated heterocycles. The van der Waals surface area contributed by atoms with E-state index in [9.17, 15) is 13.2 Å². The lowest BCUT2D eigenvalue weighted by atomic mass is 10.1. The molecule has 1 aromatic rings. The number of nitrogens with zero attached hydrogens (tertiary/aromatic N) is 4. The van der Waals surface area contributed by atoms with Crippen LogP contribution in [0.5, 0.6) is 0 Å². The third kappa shape index (κ3) is 3.03. The van der Waals surface area contributed by atoms with Gasteiger partial charge in [-0.1, -0.05) is 0 Å². The Labute approximate surface area is 131 Å². The summed E-state index contributed by atoms with van der Waals surface area (Å²) in [6, 6.07) is 0.232. The van der Waals surface area contributed by atoms with E-state index < -0.39 is 10.0 Å². The molecule has 7 nitrogen and oxygen atoms in total. The highest BCUT2D eigenvalue weighted by Crippen LogP contribution is 2.23. The minimum absolute atomic E-state index is 0.0159. The van der Waals surface area contributed by atoms with Crippen LogP contribution in [0.15, 0.2) is 12.4 Å². The molecular formula is C14H22N4O3S. The molecule has 1 unspecified atom stereocenters. The summed E-state index contributed by atoms with van der Waals surface area (Å²) in [5.41, 5.74) is 0. The number of aromatic nitrogens is 2. The van der Waals surface area contributed by atoms with Crippen LogP contribution in [0.3, 0.4) is 0 Å². The number of likely N-dealkylation sites (tertiary alicyclic amines) is 1. The van der Waals surface area contributed by atoms with Gasteiger partial charge in [0.25, 0.3) is 0 Å². The number of amides is 1. The summed E-state index contributed by atoms with van der Waals surface area (Å²) in [4.78, 5) is 18.5. The maximum atomic E-state index is 12.4. The predicted octanol–water partition coefficient (Wildman–Crippen LogP) is 0.391. The number of imidazole rings is 1. The normalized spacial score (nSPS) is 25.5. The Morgan fingerprint density at radius 3 is 2.82 bits per heavy atom. The molecule has 8 heteroatoms. The van der Waals surface area contributed by atoms with Crippen molar-refractivity contribution in [3.8, 4) is 0 Å². The second-order valence-corrected chi connectivity index (χ2v) is 8.11. The van der Waals surface area contributed by atoms with Gasteiger partial charge < -0.3 is 9.47 Å². The summed E-state index contributed by atoms with van der Waals surface area (Å²) in [6.45, 7) is 3.74. The molecule has 1 amide bonds. The first-order chi connectivity index (χ1) is 10.5. The van der Waals surface area contributed by atoms with Gasteiger partial charge in [0, 0.05) is 32.0 Å². The highest BCUT2D eigenvalue weighted by Gasteiger charge is 2.32. The number of piperidine rings is 1. The zero-order chi connectivity index (χ0) is 15.7. The van der Waals surface area contributed by atoms with E-state index in [1.807, 2.05) is 13.1 Å². The second kappa shape index (κ2) is 6.00. The van der Waals surface area contributed by atoms with Crippen LogP contribution in [-0.2, 0) is 14.8 Å². The van der Waals surface area contributed by atoms with Crippen molar-refractivity contribution in [2.45, 2.75) is 32.2 Å². The largest absolute Gasteiger partial charge is 0.339 e. The van der Waals surface area contributed by atoms with Crippen LogP contribution in [0.1, 0.15) is 31.1 Å². The Balaban J connectivity index is 1.64. The van der Waals surface area contributed by atoms with E-state index in [0.717, 1.165) is 18.7 Å². The van der Waals surface area contributed by atoms with Gasteiger partial charge in [-0.25, -0.2) is 13.4 Å². The Morgan fingerprint density at radius 2 is 2.18 bits per heavy atom. The second-order valence-electron chi connectivity index (χ2n) is 6.02. The zero-order valence-electron chi connectivity index (χ0n) is 12.8. The monoisotopic (exact) mass is 326 g/mol. The molecule has 122 valence electrons. The van der Waals surface area contributed by atoms with Gasteiger partial charge in [0.05, 0.1) is 18.3 Å². The molecule has 0 bridgehead atoms. The lowest BCUT2D eigenvalue weighted by molar-refractivity contribution is -0.133. The van der Waals surface area contributed by atoms with Crippen LogP contribution in [-0.4, -0.2) is 65.0 Å². The van der Waals surface area contributed by atoms with E-state index in [1.54, 1.807) is 11.1 Å². The summed E-state index contributed by atoms with van der Waals surface area (Å²) in [7, 11) is -3.21. The molecule has 1 aromatic heterocycles. The van der Waals surface area contributed by atoms with Crippen molar-refractivity contribution in [2.24, 2.45) is 0 Å². The molecule has 0 N–H and O–H groups in total. The van der Waals surface area contributed by atoms with Crippen molar-refractivity contribution < 1.29 is 13.2 Å². The number of carbonyl (C=O) groups is 1. The first-order valence-corrected chi connectivity index (χ1v) is 9.33. The number of hydrogen-bond acceptors (Lipinski definition) is 4. The lowest BCUT2D eigenvalue weighted by Gasteiger charge is -2.34. The lowest BCUT2D eigenvalue weighted by Crippen LogP contribution is -2.45. The SMILES string of the molecule is Cc1nccn1C1CCCN(C(=O)CN2CCCS2(=O)=O)C1. The average molecular weight is 326 g/mol. The van der Waals surface area contributed by atoms with E-state index in [1.165, 1.54) is 4.31 Å². The molecule has 0 aromatic carbocycles. The standard InChI is InChI=1S/C14H22N4O3S/c1-12-15-5-8-18(12)13-4-2-6-16(10-13)14(19)11-17-7-3-9-22(17,20)21/h5,8,13H,2-4,6-7,9-11H2,1H3. The molecule has 22 heavy (non-hydrogen) atoms. The predicted molar refractivity (Wildman–Crippen MR) is 81.8 cm³/mol. The van der Waals surface area contributed by atoms with E-state index >= 15 is 0 Å². The van der Waals surface area contributed by atoms with Crippen LogP contribution in [0, 0.1) is 6.92 Å². The van der Waals surface area contributed by atoms with E-state index in [4.69, 9.17) is 0 Å². The Morgan fingerprint density at radius 1 is 1.36 bits per heavy atom. The minimum atomic E-state index is -3.21. The van der Waals surface area contributed by atoms with Crippen LogP contribution >= 0.6 is 0 Å². The maximum absolute atomic E-state index is 12.4. The fraction of sp³-hybridized carbons (Fsp3) is 0.714. The molecule has 0 saturated carbocycles. The van der Waals surface area contributed by atoms with Gasteiger partial charge in [0.15, 0.2) is 0 Å². The van der Waals surface area contributed by atoms with Gasteiger partial charge in [-0.05, 0) is 26.2 Å². The summed E-state index contributed by atoms with van der Waals surface area (Å²) in [6.07, 6.45) is 6.28. The molecule has 0 aliphatic carbocycles. The first kappa shape index (κ1) is 15.5. The van der Waals surface area contributed by atoms with Gasteiger partial charge in [0.1, 0.15) is 5.82 Å². The number of sulfonamides is 1. The van der Waals surface area contributed by atoms with Crippen molar-refractivity contribution in [2.75, 3.05) is 31.9 Å². The molecule has 3 heterocycles. The number of aryl methyl sites for hydroxylation is 1. The molecule has 0 spiro atoms. The third-order valence-electron chi connectivity index (χ3n) is 4.52. The van der Waals surface area contributed by atoms with E-state index in [2.05, 4.69) is 9.55 Å². The highest BCUT2D eigenvalue weighted by molar-refractivity contribution is 7.89. The minimum Gasteiger partial charge on any atom is -0.339 e. The van der Waals surface area contributed by atoms with Crippen LogP contribution in [0.2, 0.25) is 0 Å². The molecular weight excluding hydrogens is 304 g/mol. The summed E-state index contributed by atoms with van der Waals surface area (Å²) < 4.78 is 27.1. The third-order valence-corrected chi connectivity index (χ3v) is 6.42. The first-order valence-electron chi connectivity index (χ1n) is 7.72. The smallest absolute Gasteiger partial charge is 0.237 e. The quantitative estimate of drug-likeness (QED) is 0.805. The average Bonchev–Trinajstić information content (AvgIpc) is 3.05. The highest BCUT2D eigenvalue weighted by atomic mass is 32.2. The Kier molecular flexibility index (Phi) is 4.22. The van der Waals surface area contributed by atoms with Gasteiger partial charge in [-0.2, -0.15) is 4.31 Å². The van der Waals surface area contributed by atoms with Crippen molar-refractivity contribution in [1.29, 1.82) is 0 Å². The van der Waals surface area contributed by atoms with E-state index in [-0.39, 0.29) is 24.2 Å². The fourth-order valence-corrected chi connectivity index (χ4v) is 4.77. The van der Waals surface area contributed by atoms with Gasteiger partial charge in [0.2, 0.25) is 15.9 Å². The van der Waals surface area contributed by atoms with Gasteiger partial charge in [-0.15, -0.1) is 0 Å². The summed E-state index contributed by atoms with van der Waals surface area (Å²) in [5.74, 6) is 1.02. The summed E-state index contributed by atoms with van der Waals surface area (Å²) >= 11 is 0.